The van der Waals surface area contributed by atoms with Gasteiger partial charge < -0.3 is 20.3 Å². The molecule has 0 bridgehead atoms. The van der Waals surface area contributed by atoms with E-state index >= 15 is 0 Å². The molecule has 1 aromatic rings. The Balaban J connectivity index is 1.94. The number of carbonyl (C=O) groups excluding carboxylic acids is 2. The third-order valence-electron chi connectivity index (χ3n) is 3.42. The molecule has 21 heavy (non-hydrogen) atoms. The van der Waals surface area contributed by atoms with Crippen LogP contribution in [-0.2, 0) is 14.3 Å². The van der Waals surface area contributed by atoms with Crippen molar-refractivity contribution in [3.63, 3.8) is 0 Å². The maximum Gasteiger partial charge on any atom is 0.226 e. The second-order valence-corrected chi connectivity index (χ2v) is 5.11. The van der Waals surface area contributed by atoms with Crippen molar-refractivity contribution in [3.05, 3.63) is 24.3 Å². The predicted molar refractivity (Wildman–Crippen MR) is 81.4 cm³/mol. The highest BCUT2D eigenvalue weighted by Gasteiger charge is 2.17. The van der Waals surface area contributed by atoms with Gasteiger partial charge in [-0.25, -0.2) is 0 Å². The second kappa shape index (κ2) is 7.19. The molecule has 0 aliphatic carbocycles. The molecule has 2 rings (SSSR count). The lowest BCUT2D eigenvalue weighted by Gasteiger charge is -2.23. The minimum absolute atomic E-state index is 0.0537. The molecule has 0 radical (unpaired) electrons. The molecular formula is C15H21N3O3. The zero-order chi connectivity index (χ0) is 15.2. The first-order valence-electron chi connectivity index (χ1n) is 7.01. The summed E-state index contributed by atoms with van der Waals surface area (Å²) in [5, 5.41) is 6.09. The van der Waals surface area contributed by atoms with Crippen molar-refractivity contribution in [2.24, 2.45) is 0 Å². The number of amides is 2. The van der Waals surface area contributed by atoms with Gasteiger partial charge in [0.1, 0.15) is 0 Å². The number of morpholine rings is 1. The van der Waals surface area contributed by atoms with Gasteiger partial charge in [0.25, 0.3) is 0 Å². The quantitative estimate of drug-likeness (QED) is 0.868. The van der Waals surface area contributed by atoms with Crippen LogP contribution in [0.4, 0.5) is 11.4 Å². The molecule has 6 heteroatoms. The third kappa shape index (κ3) is 4.54. The lowest BCUT2D eigenvalue weighted by Crippen LogP contribution is -2.43. The molecule has 0 aromatic heterocycles. The minimum atomic E-state index is -0.0689. The first kappa shape index (κ1) is 15.5. The van der Waals surface area contributed by atoms with Gasteiger partial charge in [0.2, 0.25) is 11.8 Å². The summed E-state index contributed by atoms with van der Waals surface area (Å²) >= 11 is 0. The van der Waals surface area contributed by atoms with Crippen LogP contribution in [0.15, 0.2) is 24.3 Å². The Kier molecular flexibility index (Phi) is 5.30. The summed E-state index contributed by atoms with van der Waals surface area (Å²) in [7, 11) is 1.70. The SMILES string of the molecule is CC(=O)N(C)c1cccc(NC(=O)CC2COCCN2)c1. The number of anilines is 2. The molecule has 114 valence electrons. The summed E-state index contributed by atoms with van der Waals surface area (Å²) in [4.78, 5) is 24.9. The number of nitrogens with one attached hydrogen (secondary N) is 2. The van der Waals surface area contributed by atoms with E-state index in [2.05, 4.69) is 10.6 Å². The Bertz CT molecular complexity index is 513. The summed E-state index contributed by atoms with van der Waals surface area (Å²) in [6.45, 7) is 3.52. The van der Waals surface area contributed by atoms with E-state index in [-0.39, 0.29) is 17.9 Å². The van der Waals surface area contributed by atoms with Crippen molar-refractivity contribution in [2.45, 2.75) is 19.4 Å². The molecule has 0 spiro atoms. The zero-order valence-corrected chi connectivity index (χ0v) is 12.4. The molecular weight excluding hydrogens is 270 g/mol. The fourth-order valence-corrected chi connectivity index (χ4v) is 2.16. The molecule has 1 atom stereocenters. The van der Waals surface area contributed by atoms with Gasteiger partial charge in [-0.15, -0.1) is 0 Å². The van der Waals surface area contributed by atoms with Crippen molar-refractivity contribution in [1.29, 1.82) is 0 Å². The highest BCUT2D eigenvalue weighted by Crippen LogP contribution is 2.18. The van der Waals surface area contributed by atoms with E-state index in [1.165, 1.54) is 11.8 Å². The fraction of sp³-hybridized carbons (Fsp3) is 0.467. The number of benzene rings is 1. The van der Waals surface area contributed by atoms with Crippen molar-refractivity contribution >= 4 is 23.2 Å². The average molecular weight is 291 g/mol. The molecule has 1 heterocycles. The van der Waals surface area contributed by atoms with Gasteiger partial charge in [0, 0.05) is 44.4 Å². The number of ether oxygens (including phenoxy) is 1. The first-order chi connectivity index (χ1) is 10.1. The predicted octanol–water partition coefficient (Wildman–Crippen LogP) is 0.986. The van der Waals surface area contributed by atoms with Gasteiger partial charge in [-0.2, -0.15) is 0 Å². The monoisotopic (exact) mass is 291 g/mol. The smallest absolute Gasteiger partial charge is 0.226 e. The lowest BCUT2D eigenvalue weighted by molar-refractivity contribution is -0.117. The van der Waals surface area contributed by atoms with E-state index in [1.54, 1.807) is 19.2 Å². The maximum absolute atomic E-state index is 12.0. The van der Waals surface area contributed by atoms with Crippen LogP contribution in [0.5, 0.6) is 0 Å². The van der Waals surface area contributed by atoms with Crippen LogP contribution in [0.3, 0.4) is 0 Å². The van der Waals surface area contributed by atoms with Gasteiger partial charge >= 0.3 is 0 Å². The molecule has 1 aliphatic rings. The number of carbonyl (C=O) groups is 2. The van der Waals surface area contributed by atoms with Gasteiger partial charge in [-0.1, -0.05) is 6.07 Å². The third-order valence-corrected chi connectivity index (χ3v) is 3.42. The summed E-state index contributed by atoms with van der Waals surface area (Å²) in [5.74, 6) is -0.123. The van der Waals surface area contributed by atoms with E-state index < -0.39 is 0 Å². The minimum Gasteiger partial charge on any atom is -0.378 e. The largest absolute Gasteiger partial charge is 0.378 e. The van der Waals surface area contributed by atoms with Crippen LogP contribution in [-0.4, -0.2) is 44.7 Å². The average Bonchev–Trinajstić information content (AvgIpc) is 2.47. The van der Waals surface area contributed by atoms with E-state index in [1.807, 2.05) is 12.1 Å². The van der Waals surface area contributed by atoms with Gasteiger partial charge in [0.15, 0.2) is 0 Å². The van der Waals surface area contributed by atoms with Crippen LogP contribution in [0.2, 0.25) is 0 Å². The van der Waals surface area contributed by atoms with Crippen molar-refractivity contribution in [3.8, 4) is 0 Å². The number of hydrogen-bond donors (Lipinski definition) is 2. The van der Waals surface area contributed by atoms with Gasteiger partial charge in [0.05, 0.1) is 13.2 Å². The van der Waals surface area contributed by atoms with Crippen molar-refractivity contribution < 1.29 is 14.3 Å². The molecule has 0 saturated carbocycles. The molecule has 1 fully saturated rings. The standard InChI is InChI=1S/C15H21N3O3/c1-11(19)18(2)14-5-3-4-12(8-14)17-15(20)9-13-10-21-7-6-16-13/h3-5,8,13,16H,6-7,9-10H2,1-2H3,(H,17,20). The Hall–Kier alpha value is -1.92. The van der Waals surface area contributed by atoms with Gasteiger partial charge in [-0.3, -0.25) is 9.59 Å². The topological polar surface area (TPSA) is 70.7 Å². The molecule has 1 aromatic carbocycles. The Morgan fingerprint density at radius 3 is 2.95 bits per heavy atom. The van der Waals surface area contributed by atoms with Crippen LogP contribution in [0, 0.1) is 0 Å². The molecule has 1 saturated heterocycles. The summed E-state index contributed by atoms with van der Waals surface area (Å²) in [5.41, 5.74) is 1.43. The molecule has 2 N–H and O–H groups in total. The van der Waals surface area contributed by atoms with Crippen molar-refractivity contribution in [2.75, 3.05) is 37.0 Å². The first-order valence-corrected chi connectivity index (χ1v) is 7.01. The number of rotatable bonds is 4. The highest BCUT2D eigenvalue weighted by atomic mass is 16.5. The van der Waals surface area contributed by atoms with Crippen LogP contribution >= 0.6 is 0 Å². The van der Waals surface area contributed by atoms with Crippen LogP contribution < -0.4 is 15.5 Å². The molecule has 1 aliphatic heterocycles. The molecule has 2 amide bonds. The Morgan fingerprint density at radius 1 is 1.48 bits per heavy atom. The van der Waals surface area contributed by atoms with Crippen LogP contribution in [0.25, 0.3) is 0 Å². The van der Waals surface area contributed by atoms with E-state index in [9.17, 15) is 9.59 Å². The maximum atomic E-state index is 12.0. The summed E-state index contributed by atoms with van der Waals surface area (Å²) < 4.78 is 5.32. The normalized spacial score (nSPS) is 18.1. The van der Waals surface area contributed by atoms with Crippen molar-refractivity contribution in [1.82, 2.24) is 5.32 Å². The van der Waals surface area contributed by atoms with E-state index in [0.29, 0.717) is 25.3 Å². The Labute approximate surface area is 124 Å². The summed E-state index contributed by atoms with van der Waals surface area (Å²) in [6.07, 6.45) is 0.368. The van der Waals surface area contributed by atoms with E-state index in [0.717, 1.165) is 12.2 Å². The molecule has 1 unspecified atom stereocenters. The van der Waals surface area contributed by atoms with Gasteiger partial charge in [-0.05, 0) is 18.2 Å². The fourth-order valence-electron chi connectivity index (χ4n) is 2.16. The van der Waals surface area contributed by atoms with E-state index in [4.69, 9.17) is 4.74 Å². The zero-order valence-electron chi connectivity index (χ0n) is 12.4. The summed E-state index contributed by atoms with van der Waals surface area (Å²) in [6, 6.07) is 7.28. The van der Waals surface area contributed by atoms with Crippen LogP contribution in [0.1, 0.15) is 13.3 Å². The number of nitrogens with zero attached hydrogens (tertiary/aromatic N) is 1. The second-order valence-electron chi connectivity index (χ2n) is 5.11. The lowest BCUT2D eigenvalue weighted by atomic mass is 10.2. The number of hydrogen-bond acceptors (Lipinski definition) is 4. The Morgan fingerprint density at radius 2 is 2.29 bits per heavy atom. The highest BCUT2D eigenvalue weighted by molar-refractivity contribution is 5.94. The molecule has 6 nitrogen and oxygen atoms in total.